The van der Waals surface area contributed by atoms with Gasteiger partial charge in [-0.25, -0.2) is 9.18 Å². The highest BCUT2D eigenvalue weighted by Gasteiger charge is 2.39. The van der Waals surface area contributed by atoms with E-state index in [0.717, 1.165) is 24.8 Å². The Morgan fingerprint density at radius 2 is 2.24 bits per heavy atom. The number of aromatic hydroxyl groups is 1. The van der Waals surface area contributed by atoms with Crippen LogP contribution in [0.3, 0.4) is 0 Å². The molecular weight excluding hydrogens is 221 g/mol. The lowest BCUT2D eigenvalue weighted by atomic mass is 9.72. The van der Waals surface area contributed by atoms with E-state index in [0.29, 0.717) is 0 Å². The van der Waals surface area contributed by atoms with Crippen LogP contribution in [0.15, 0.2) is 23.2 Å². The first-order valence-corrected chi connectivity index (χ1v) is 5.65. The molecule has 1 aliphatic carbocycles. The number of hydrogen-bond acceptors (Lipinski definition) is 3. The van der Waals surface area contributed by atoms with Gasteiger partial charge in [0, 0.05) is 5.56 Å². The second kappa shape index (κ2) is 4.30. The summed E-state index contributed by atoms with van der Waals surface area (Å²) < 4.78 is 13.3. The molecule has 3 nitrogen and oxygen atoms in total. The van der Waals surface area contributed by atoms with Gasteiger partial charge in [-0.05, 0) is 43.9 Å². The smallest absolute Gasteiger partial charge is 0.235 e. The average Bonchev–Trinajstić information content (AvgIpc) is 2.24. The summed E-state index contributed by atoms with van der Waals surface area (Å²) in [5, 5.41) is 9.54. The summed E-state index contributed by atoms with van der Waals surface area (Å²) in [6, 6.07) is 4.75. The molecule has 1 aromatic rings. The number of alkyl halides is 1. The first-order chi connectivity index (χ1) is 8.09. The fourth-order valence-electron chi connectivity index (χ4n) is 2.23. The number of phenolic OH excluding ortho intramolecular Hbond substituents is 1. The molecule has 1 aromatic carbocycles. The van der Waals surface area contributed by atoms with E-state index >= 15 is 0 Å². The van der Waals surface area contributed by atoms with E-state index in [4.69, 9.17) is 0 Å². The number of rotatable bonds is 3. The summed E-state index contributed by atoms with van der Waals surface area (Å²) in [5.41, 5.74) is 0.485. The van der Waals surface area contributed by atoms with Crippen LogP contribution in [-0.2, 0) is 10.3 Å². The Morgan fingerprint density at radius 3 is 2.71 bits per heavy atom. The van der Waals surface area contributed by atoms with Crippen LogP contribution in [0.4, 0.5) is 4.39 Å². The van der Waals surface area contributed by atoms with Gasteiger partial charge in [-0.15, -0.1) is 0 Å². The predicted octanol–water partition coefficient (Wildman–Crippen LogP) is 3.14. The van der Waals surface area contributed by atoms with Crippen molar-refractivity contribution in [1.29, 1.82) is 0 Å². The number of phenols is 1. The van der Waals surface area contributed by atoms with Crippen molar-refractivity contribution in [3.05, 3.63) is 29.3 Å². The van der Waals surface area contributed by atoms with Crippen molar-refractivity contribution in [2.75, 3.05) is 0 Å². The molecule has 1 fully saturated rings. The van der Waals surface area contributed by atoms with Gasteiger partial charge >= 0.3 is 0 Å². The van der Waals surface area contributed by atoms with Crippen LogP contribution in [0.5, 0.6) is 5.75 Å². The van der Waals surface area contributed by atoms with Crippen molar-refractivity contribution in [2.45, 2.75) is 37.9 Å². The summed E-state index contributed by atoms with van der Waals surface area (Å²) >= 11 is 0. The minimum atomic E-state index is -1.24. The number of nitrogens with zero attached hydrogens (tertiary/aromatic N) is 1. The standard InChI is InChI=1S/C13H14FNO2/c1-9(14)11-7-10(3-4-12(11)17)13(15-8-16)5-2-6-13/h3-4,7,9,17H,2,5-6H2,1H3. The molecule has 0 spiro atoms. The van der Waals surface area contributed by atoms with Crippen molar-refractivity contribution in [3.8, 4) is 5.75 Å². The number of hydrogen-bond donors (Lipinski definition) is 1. The maximum absolute atomic E-state index is 13.3. The molecule has 0 aromatic heterocycles. The molecule has 0 saturated heterocycles. The van der Waals surface area contributed by atoms with E-state index in [1.165, 1.54) is 13.0 Å². The zero-order chi connectivity index (χ0) is 12.5. The first kappa shape index (κ1) is 11.8. The van der Waals surface area contributed by atoms with Crippen molar-refractivity contribution >= 4 is 6.08 Å². The van der Waals surface area contributed by atoms with Crippen LogP contribution < -0.4 is 0 Å². The molecule has 1 N–H and O–H groups in total. The number of halogens is 1. The van der Waals surface area contributed by atoms with E-state index in [1.54, 1.807) is 18.2 Å². The average molecular weight is 235 g/mol. The predicted molar refractivity (Wildman–Crippen MR) is 61.3 cm³/mol. The van der Waals surface area contributed by atoms with E-state index < -0.39 is 11.7 Å². The minimum Gasteiger partial charge on any atom is -0.508 e. The number of benzene rings is 1. The normalized spacial score (nSPS) is 18.9. The SMILES string of the molecule is CC(F)c1cc(C2(N=C=O)CCC2)ccc1O. The van der Waals surface area contributed by atoms with Gasteiger partial charge in [0.05, 0.1) is 5.54 Å². The van der Waals surface area contributed by atoms with Crippen molar-refractivity contribution in [3.63, 3.8) is 0 Å². The third-order valence-corrected chi connectivity index (χ3v) is 3.43. The van der Waals surface area contributed by atoms with Gasteiger partial charge in [0.25, 0.3) is 0 Å². The van der Waals surface area contributed by atoms with Gasteiger partial charge in [0.15, 0.2) is 0 Å². The molecular formula is C13H14FNO2. The van der Waals surface area contributed by atoms with E-state index in [9.17, 15) is 14.3 Å². The quantitative estimate of drug-likeness (QED) is 0.646. The summed E-state index contributed by atoms with van der Waals surface area (Å²) in [7, 11) is 0. The fraction of sp³-hybridized carbons (Fsp3) is 0.462. The highest BCUT2D eigenvalue weighted by Crippen LogP contribution is 2.46. The molecule has 1 unspecified atom stereocenters. The van der Waals surface area contributed by atoms with Gasteiger partial charge in [-0.3, -0.25) is 0 Å². The molecule has 1 aliphatic rings. The second-order valence-corrected chi connectivity index (χ2v) is 4.48. The molecule has 0 heterocycles. The van der Waals surface area contributed by atoms with E-state index in [1.807, 2.05) is 0 Å². The number of carbonyl (C=O) groups excluding carboxylic acids is 1. The van der Waals surface area contributed by atoms with Gasteiger partial charge in [-0.2, -0.15) is 4.99 Å². The van der Waals surface area contributed by atoms with Gasteiger partial charge < -0.3 is 5.11 Å². The largest absolute Gasteiger partial charge is 0.508 e. The molecule has 1 atom stereocenters. The monoisotopic (exact) mass is 235 g/mol. The van der Waals surface area contributed by atoms with Crippen molar-refractivity contribution < 1.29 is 14.3 Å². The summed E-state index contributed by atoms with van der Waals surface area (Å²) in [6.45, 7) is 1.37. The zero-order valence-electron chi connectivity index (χ0n) is 9.61. The lowest BCUT2D eigenvalue weighted by Gasteiger charge is -2.37. The minimum absolute atomic E-state index is 0.0618. The van der Waals surface area contributed by atoms with Crippen LogP contribution in [0.25, 0.3) is 0 Å². The molecule has 0 radical (unpaired) electrons. The molecule has 0 aliphatic heterocycles. The number of aliphatic imine (C=N–C) groups is 1. The first-order valence-electron chi connectivity index (χ1n) is 5.65. The lowest BCUT2D eigenvalue weighted by Crippen LogP contribution is -2.31. The molecule has 0 amide bonds. The van der Waals surface area contributed by atoms with Crippen LogP contribution in [-0.4, -0.2) is 11.2 Å². The van der Waals surface area contributed by atoms with Gasteiger partial charge in [-0.1, -0.05) is 6.07 Å². The van der Waals surface area contributed by atoms with E-state index in [2.05, 4.69) is 4.99 Å². The molecule has 90 valence electrons. The van der Waals surface area contributed by atoms with Crippen molar-refractivity contribution in [2.24, 2.45) is 4.99 Å². The fourth-order valence-corrected chi connectivity index (χ4v) is 2.23. The maximum atomic E-state index is 13.3. The van der Waals surface area contributed by atoms with Gasteiger partial charge in [0.1, 0.15) is 11.9 Å². The van der Waals surface area contributed by atoms with E-state index in [-0.39, 0.29) is 11.3 Å². The summed E-state index contributed by atoms with van der Waals surface area (Å²) in [6.07, 6.45) is 2.88. The highest BCUT2D eigenvalue weighted by molar-refractivity contribution is 5.44. The Kier molecular flexibility index (Phi) is 2.99. The topological polar surface area (TPSA) is 49.7 Å². The molecule has 0 bridgehead atoms. The zero-order valence-corrected chi connectivity index (χ0v) is 9.61. The Hall–Kier alpha value is -1.67. The Labute approximate surface area is 99.0 Å². The Morgan fingerprint density at radius 1 is 1.53 bits per heavy atom. The van der Waals surface area contributed by atoms with Crippen molar-refractivity contribution in [1.82, 2.24) is 0 Å². The van der Waals surface area contributed by atoms with Crippen LogP contribution in [0.1, 0.15) is 43.5 Å². The molecule has 4 heteroatoms. The van der Waals surface area contributed by atoms with Crippen LogP contribution >= 0.6 is 0 Å². The summed E-state index contributed by atoms with van der Waals surface area (Å²) in [5.74, 6) is -0.0618. The second-order valence-electron chi connectivity index (χ2n) is 4.48. The molecule has 1 saturated carbocycles. The van der Waals surface area contributed by atoms with Crippen LogP contribution in [0.2, 0.25) is 0 Å². The Bertz CT molecular complexity index is 474. The Balaban J connectivity index is 2.45. The van der Waals surface area contributed by atoms with Crippen LogP contribution in [0, 0.1) is 0 Å². The number of isocyanates is 1. The third kappa shape index (κ3) is 1.96. The molecule has 17 heavy (non-hydrogen) atoms. The molecule has 2 rings (SSSR count). The third-order valence-electron chi connectivity index (χ3n) is 3.43. The maximum Gasteiger partial charge on any atom is 0.235 e. The van der Waals surface area contributed by atoms with Gasteiger partial charge in [0.2, 0.25) is 6.08 Å². The summed E-state index contributed by atoms with van der Waals surface area (Å²) in [4.78, 5) is 14.3. The highest BCUT2D eigenvalue weighted by atomic mass is 19.1. The lowest BCUT2D eigenvalue weighted by molar-refractivity contribution is 0.254.